The van der Waals surface area contributed by atoms with Gasteiger partial charge in [0, 0.05) is 12.6 Å². The summed E-state index contributed by atoms with van der Waals surface area (Å²) in [6.45, 7) is 9.74. The Morgan fingerprint density at radius 2 is 1.87 bits per heavy atom. The Labute approximate surface area is 100 Å². The Balaban J connectivity index is 3.49. The second-order valence-corrected chi connectivity index (χ2v) is 5.05. The highest BCUT2D eigenvalue weighted by atomic mass is 32.1. The van der Waals surface area contributed by atoms with Gasteiger partial charge >= 0.3 is 0 Å². The van der Waals surface area contributed by atoms with Crippen molar-refractivity contribution in [2.24, 2.45) is 5.92 Å². The predicted octanol–water partition coefficient (Wildman–Crippen LogP) is 3.08. The van der Waals surface area contributed by atoms with Crippen molar-refractivity contribution < 1.29 is 0 Å². The van der Waals surface area contributed by atoms with Crippen molar-refractivity contribution >= 4 is 17.3 Å². The van der Waals surface area contributed by atoms with Crippen molar-refractivity contribution in [3.63, 3.8) is 0 Å². The SMILES string of the molecule is CCCCCC(C)NC(=S)NCC(C)C. The van der Waals surface area contributed by atoms with E-state index in [1.807, 2.05) is 0 Å². The number of thiocarbonyl (C=S) groups is 1. The molecule has 0 aromatic rings. The Morgan fingerprint density at radius 3 is 2.40 bits per heavy atom. The minimum atomic E-state index is 0.490. The van der Waals surface area contributed by atoms with Gasteiger partial charge in [-0.05, 0) is 31.5 Å². The van der Waals surface area contributed by atoms with Gasteiger partial charge in [0.15, 0.2) is 5.11 Å². The maximum atomic E-state index is 5.21. The molecule has 1 unspecified atom stereocenters. The van der Waals surface area contributed by atoms with E-state index in [1.54, 1.807) is 0 Å². The Hall–Kier alpha value is -0.310. The fourth-order valence-electron chi connectivity index (χ4n) is 1.34. The van der Waals surface area contributed by atoms with Gasteiger partial charge in [0.05, 0.1) is 0 Å². The van der Waals surface area contributed by atoms with E-state index in [-0.39, 0.29) is 0 Å². The monoisotopic (exact) mass is 230 g/mol. The highest BCUT2D eigenvalue weighted by Gasteiger charge is 2.03. The number of hydrogen-bond donors (Lipinski definition) is 2. The molecule has 0 aliphatic carbocycles. The van der Waals surface area contributed by atoms with Gasteiger partial charge in [-0.2, -0.15) is 0 Å². The van der Waals surface area contributed by atoms with E-state index in [0.717, 1.165) is 11.7 Å². The molecule has 0 heterocycles. The van der Waals surface area contributed by atoms with Gasteiger partial charge in [-0.1, -0.05) is 40.0 Å². The van der Waals surface area contributed by atoms with E-state index in [2.05, 4.69) is 38.3 Å². The molecular formula is C12H26N2S. The summed E-state index contributed by atoms with van der Waals surface area (Å²) in [5.74, 6) is 0.639. The average Bonchev–Trinajstić information content (AvgIpc) is 2.15. The number of rotatable bonds is 7. The van der Waals surface area contributed by atoms with Crippen molar-refractivity contribution in [3.8, 4) is 0 Å². The molecule has 0 saturated heterocycles. The molecule has 0 aliphatic rings. The summed E-state index contributed by atoms with van der Waals surface area (Å²) in [7, 11) is 0. The normalized spacial score (nSPS) is 12.6. The van der Waals surface area contributed by atoms with Gasteiger partial charge in [-0.25, -0.2) is 0 Å². The lowest BCUT2D eigenvalue weighted by Gasteiger charge is -2.17. The molecule has 90 valence electrons. The second kappa shape index (κ2) is 8.96. The molecular weight excluding hydrogens is 204 g/mol. The fraction of sp³-hybridized carbons (Fsp3) is 0.917. The van der Waals surface area contributed by atoms with E-state index in [9.17, 15) is 0 Å². The molecule has 0 aromatic heterocycles. The summed E-state index contributed by atoms with van der Waals surface area (Å²) in [5, 5.41) is 7.34. The Morgan fingerprint density at radius 1 is 1.20 bits per heavy atom. The summed E-state index contributed by atoms with van der Waals surface area (Å²) < 4.78 is 0. The summed E-state index contributed by atoms with van der Waals surface area (Å²) >= 11 is 5.21. The van der Waals surface area contributed by atoms with Crippen LogP contribution in [0.15, 0.2) is 0 Å². The lowest BCUT2D eigenvalue weighted by Crippen LogP contribution is -2.41. The van der Waals surface area contributed by atoms with E-state index in [1.165, 1.54) is 25.7 Å². The first-order valence-corrected chi connectivity index (χ1v) is 6.51. The predicted molar refractivity (Wildman–Crippen MR) is 72.2 cm³/mol. The van der Waals surface area contributed by atoms with Crippen molar-refractivity contribution in [2.45, 2.75) is 59.4 Å². The number of hydrogen-bond acceptors (Lipinski definition) is 1. The molecule has 2 N–H and O–H groups in total. The molecule has 0 rings (SSSR count). The third-order valence-electron chi connectivity index (χ3n) is 2.29. The molecule has 0 aliphatic heterocycles. The highest BCUT2D eigenvalue weighted by molar-refractivity contribution is 7.80. The first-order valence-electron chi connectivity index (χ1n) is 6.10. The first kappa shape index (κ1) is 14.7. The molecule has 3 heteroatoms. The van der Waals surface area contributed by atoms with E-state index in [4.69, 9.17) is 12.2 Å². The Bertz CT molecular complexity index is 169. The molecule has 0 saturated carbocycles. The van der Waals surface area contributed by atoms with Crippen LogP contribution < -0.4 is 10.6 Å². The van der Waals surface area contributed by atoms with Crippen LogP contribution in [0.25, 0.3) is 0 Å². The van der Waals surface area contributed by atoms with Crippen LogP contribution in [0, 0.1) is 5.92 Å². The minimum absolute atomic E-state index is 0.490. The molecule has 1 atom stereocenters. The van der Waals surface area contributed by atoms with Gasteiger partial charge < -0.3 is 10.6 Å². The van der Waals surface area contributed by atoms with E-state index in [0.29, 0.717) is 12.0 Å². The van der Waals surface area contributed by atoms with Crippen molar-refractivity contribution in [3.05, 3.63) is 0 Å². The van der Waals surface area contributed by atoms with Crippen LogP contribution in [-0.2, 0) is 0 Å². The first-order chi connectivity index (χ1) is 7.06. The summed E-state index contributed by atoms with van der Waals surface area (Å²) in [6, 6.07) is 0.490. The van der Waals surface area contributed by atoms with E-state index >= 15 is 0 Å². The third-order valence-corrected chi connectivity index (χ3v) is 2.55. The largest absolute Gasteiger partial charge is 0.362 e. The van der Waals surface area contributed by atoms with Crippen LogP contribution in [0.3, 0.4) is 0 Å². The van der Waals surface area contributed by atoms with E-state index < -0.39 is 0 Å². The third kappa shape index (κ3) is 9.98. The topological polar surface area (TPSA) is 24.1 Å². The van der Waals surface area contributed by atoms with Gasteiger partial charge in [-0.3, -0.25) is 0 Å². The zero-order valence-electron chi connectivity index (χ0n) is 10.6. The van der Waals surface area contributed by atoms with Crippen LogP contribution in [0.2, 0.25) is 0 Å². The lowest BCUT2D eigenvalue weighted by molar-refractivity contribution is 0.544. The average molecular weight is 230 g/mol. The molecule has 0 spiro atoms. The molecule has 0 radical (unpaired) electrons. The van der Waals surface area contributed by atoms with Crippen LogP contribution in [-0.4, -0.2) is 17.7 Å². The summed E-state index contributed by atoms with van der Waals surface area (Å²) in [6.07, 6.45) is 5.09. The standard InChI is InChI=1S/C12H26N2S/c1-5-6-7-8-11(4)14-12(15)13-9-10(2)3/h10-11H,5-9H2,1-4H3,(H2,13,14,15). The Kier molecular flexibility index (Phi) is 8.77. The van der Waals surface area contributed by atoms with Crippen molar-refractivity contribution in [1.82, 2.24) is 10.6 Å². The molecule has 0 amide bonds. The van der Waals surface area contributed by atoms with Crippen LogP contribution in [0.4, 0.5) is 0 Å². The maximum Gasteiger partial charge on any atom is 0.166 e. The number of nitrogens with one attached hydrogen (secondary N) is 2. The molecule has 0 fully saturated rings. The van der Waals surface area contributed by atoms with Crippen LogP contribution in [0.5, 0.6) is 0 Å². The molecule has 2 nitrogen and oxygen atoms in total. The summed E-state index contributed by atoms with van der Waals surface area (Å²) in [4.78, 5) is 0. The number of unbranched alkanes of at least 4 members (excludes halogenated alkanes) is 2. The zero-order valence-corrected chi connectivity index (χ0v) is 11.4. The van der Waals surface area contributed by atoms with Crippen LogP contribution >= 0.6 is 12.2 Å². The highest BCUT2D eigenvalue weighted by Crippen LogP contribution is 2.02. The van der Waals surface area contributed by atoms with Gasteiger partial charge in [-0.15, -0.1) is 0 Å². The molecule has 0 bridgehead atoms. The molecule has 15 heavy (non-hydrogen) atoms. The quantitative estimate of drug-likeness (QED) is 0.519. The van der Waals surface area contributed by atoms with Gasteiger partial charge in [0.1, 0.15) is 0 Å². The smallest absolute Gasteiger partial charge is 0.166 e. The van der Waals surface area contributed by atoms with Crippen molar-refractivity contribution in [2.75, 3.05) is 6.54 Å². The fourth-order valence-corrected chi connectivity index (χ4v) is 1.63. The second-order valence-electron chi connectivity index (χ2n) is 4.65. The summed E-state index contributed by atoms with van der Waals surface area (Å²) in [5.41, 5.74) is 0. The van der Waals surface area contributed by atoms with Crippen molar-refractivity contribution in [1.29, 1.82) is 0 Å². The lowest BCUT2D eigenvalue weighted by atomic mass is 10.1. The van der Waals surface area contributed by atoms with Crippen LogP contribution in [0.1, 0.15) is 53.4 Å². The minimum Gasteiger partial charge on any atom is -0.362 e. The van der Waals surface area contributed by atoms with Gasteiger partial charge in [0.25, 0.3) is 0 Å². The molecule has 0 aromatic carbocycles. The van der Waals surface area contributed by atoms with Gasteiger partial charge in [0.2, 0.25) is 0 Å². The zero-order chi connectivity index (χ0) is 11.7. The maximum absolute atomic E-state index is 5.21.